The van der Waals surface area contributed by atoms with Crippen LogP contribution in [0.25, 0.3) is 22.2 Å². The predicted octanol–water partition coefficient (Wildman–Crippen LogP) is 3.88. The first-order valence-corrected chi connectivity index (χ1v) is 7.55. The van der Waals surface area contributed by atoms with Gasteiger partial charge in [0, 0.05) is 29.5 Å². The van der Waals surface area contributed by atoms with Gasteiger partial charge in [-0.25, -0.2) is 4.98 Å². The standard InChI is InChI=1S/C19H14N4O/c24-19(23-15-7-4-8-20-11-15)17-12-22-18-16(17)9-14(10-21-18)13-5-2-1-3-6-13/h1-12H,(H,21,22)(H,23,24). The zero-order valence-electron chi connectivity index (χ0n) is 12.7. The predicted molar refractivity (Wildman–Crippen MR) is 93.7 cm³/mol. The third-order valence-electron chi connectivity index (χ3n) is 3.80. The van der Waals surface area contributed by atoms with Crippen LogP contribution in [0, 0.1) is 0 Å². The Bertz CT molecular complexity index is 994. The molecule has 1 amide bonds. The Morgan fingerprint density at radius 1 is 1.00 bits per heavy atom. The monoisotopic (exact) mass is 314 g/mol. The highest BCUT2D eigenvalue weighted by molar-refractivity contribution is 6.12. The fraction of sp³-hybridized carbons (Fsp3) is 0. The SMILES string of the molecule is O=C(Nc1cccnc1)c1c[nH]c2ncc(-c3ccccc3)cc12. The topological polar surface area (TPSA) is 70.7 Å². The number of rotatable bonds is 3. The van der Waals surface area contributed by atoms with Crippen LogP contribution in [0.5, 0.6) is 0 Å². The van der Waals surface area contributed by atoms with Gasteiger partial charge in [-0.15, -0.1) is 0 Å². The van der Waals surface area contributed by atoms with Crippen molar-refractivity contribution in [2.75, 3.05) is 5.32 Å². The van der Waals surface area contributed by atoms with E-state index in [4.69, 9.17) is 0 Å². The molecular formula is C19H14N4O. The van der Waals surface area contributed by atoms with Gasteiger partial charge in [-0.2, -0.15) is 0 Å². The van der Waals surface area contributed by atoms with E-state index in [0.29, 0.717) is 16.9 Å². The normalized spacial score (nSPS) is 10.7. The van der Waals surface area contributed by atoms with Crippen LogP contribution < -0.4 is 5.32 Å². The summed E-state index contributed by atoms with van der Waals surface area (Å²) in [4.78, 5) is 24.0. The number of aromatic nitrogens is 3. The Morgan fingerprint density at radius 2 is 1.88 bits per heavy atom. The van der Waals surface area contributed by atoms with Crippen molar-refractivity contribution in [1.82, 2.24) is 15.0 Å². The lowest BCUT2D eigenvalue weighted by Gasteiger charge is -2.04. The van der Waals surface area contributed by atoms with Crippen molar-refractivity contribution in [3.05, 3.63) is 78.9 Å². The number of carbonyl (C=O) groups excluding carboxylic acids is 1. The largest absolute Gasteiger partial charge is 0.345 e. The first-order chi connectivity index (χ1) is 11.8. The van der Waals surface area contributed by atoms with Crippen molar-refractivity contribution in [3.63, 3.8) is 0 Å². The van der Waals surface area contributed by atoms with Gasteiger partial charge in [0.25, 0.3) is 5.91 Å². The molecule has 5 heteroatoms. The second-order valence-corrected chi connectivity index (χ2v) is 5.38. The van der Waals surface area contributed by atoms with E-state index in [1.807, 2.05) is 36.4 Å². The van der Waals surface area contributed by atoms with Crippen molar-refractivity contribution in [2.24, 2.45) is 0 Å². The Hall–Kier alpha value is -3.47. The average Bonchev–Trinajstić information content (AvgIpc) is 3.06. The summed E-state index contributed by atoms with van der Waals surface area (Å²) in [5, 5.41) is 3.64. The number of amides is 1. The van der Waals surface area contributed by atoms with E-state index in [9.17, 15) is 4.79 Å². The zero-order chi connectivity index (χ0) is 16.4. The van der Waals surface area contributed by atoms with E-state index >= 15 is 0 Å². The lowest BCUT2D eigenvalue weighted by molar-refractivity contribution is 0.102. The fourth-order valence-corrected chi connectivity index (χ4v) is 2.61. The van der Waals surface area contributed by atoms with Crippen LogP contribution in [0.4, 0.5) is 5.69 Å². The molecule has 24 heavy (non-hydrogen) atoms. The maximum atomic E-state index is 12.6. The van der Waals surface area contributed by atoms with E-state index in [0.717, 1.165) is 16.5 Å². The molecule has 0 unspecified atom stereocenters. The van der Waals surface area contributed by atoms with Crippen molar-refractivity contribution in [3.8, 4) is 11.1 Å². The number of carbonyl (C=O) groups is 1. The van der Waals surface area contributed by atoms with Gasteiger partial charge in [0.2, 0.25) is 0 Å². The number of nitrogens with zero attached hydrogens (tertiary/aromatic N) is 2. The second-order valence-electron chi connectivity index (χ2n) is 5.38. The van der Waals surface area contributed by atoms with E-state index < -0.39 is 0 Å². The smallest absolute Gasteiger partial charge is 0.257 e. The van der Waals surface area contributed by atoms with Gasteiger partial charge >= 0.3 is 0 Å². The summed E-state index contributed by atoms with van der Waals surface area (Å²) in [5.41, 5.74) is 3.93. The number of benzene rings is 1. The van der Waals surface area contributed by atoms with Gasteiger partial charge in [-0.1, -0.05) is 30.3 Å². The first kappa shape index (κ1) is 14.1. The minimum atomic E-state index is -0.193. The third kappa shape index (κ3) is 2.63. The Kier molecular flexibility index (Phi) is 3.51. The lowest BCUT2D eigenvalue weighted by Crippen LogP contribution is -2.11. The number of hydrogen-bond donors (Lipinski definition) is 2. The summed E-state index contributed by atoms with van der Waals surface area (Å²) in [7, 11) is 0. The number of hydrogen-bond acceptors (Lipinski definition) is 3. The Morgan fingerprint density at radius 3 is 2.67 bits per heavy atom. The van der Waals surface area contributed by atoms with Crippen LogP contribution in [-0.4, -0.2) is 20.9 Å². The van der Waals surface area contributed by atoms with Gasteiger partial charge in [0.1, 0.15) is 5.65 Å². The van der Waals surface area contributed by atoms with Crippen molar-refractivity contribution < 1.29 is 4.79 Å². The molecule has 1 aromatic carbocycles. The number of aromatic amines is 1. The van der Waals surface area contributed by atoms with Crippen LogP contribution in [0.3, 0.4) is 0 Å². The molecule has 0 aliphatic heterocycles. The Labute approximate surface area is 138 Å². The Balaban J connectivity index is 1.72. The van der Waals surface area contributed by atoms with E-state index in [2.05, 4.69) is 20.3 Å². The number of anilines is 1. The summed E-state index contributed by atoms with van der Waals surface area (Å²) in [5.74, 6) is -0.193. The third-order valence-corrected chi connectivity index (χ3v) is 3.80. The molecule has 0 saturated carbocycles. The van der Waals surface area contributed by atoms with Crippen LogP contribution in [-0.2, 0) is 0 Å². The van der Waals surface area contributed by atoms with Gasteiger partial charge in [-0.05, 0) is 23.8 Å². The molecule has 4 rings (SSSR count). The highest BCUT2D eigenvalue weighted by Crippen LogP contribution is 2.25. The quantitative estimate of drug-likeness (QED) is 0.603. The van der Waals surface area contributed by atoms with Crippen molar-refractivity contribution >= 4 is 22.6 Å². The molecule has 116 valence electrons. The highest BCUT2D eigenvalue weighted by Gasteiger charge is 2.14. The van der Waals surface area contributed by atoms with Gasteiger partial charge in [-0.3, -0.25) is 9.78 Å². The van der Waals surface area contributed by atoms with Crippen LogP contribution in [0.15, 0.2) is 73.3 Å². The number of H-pyrrole nitrogens is 1. The summed E-state index contributed by atoms with van der Waals surface area (Å²) in [6, 6.07) is 15.5. The molecule has 3 aromatic heterocycles. The summed E-state index contributed by atoms with van der Waals surface area (Å²) < 4.78 is 0. The maximum absolute atomic E-state index is 12.6. The molecule has 0 bridgehead atoms. The second kappa shape index (κ2) is 5.96. The van der Waals surface area contributed by atoms with Crippen LogP contribution in [0.2, 0.25) is 0 Å². The molecule has 0 aliphatic rings. The molecule has 0 aliphatic carbocycles. The fourth-order valence-electron chi connectivity index (χ4n) is 2.61. The highest BCUT2D eigenvalue weighted by atomic mass is 16.1. The number of nitrogens with one attached hydrogen (secondary N) is 2. The average molecular weight is 314 g/mol. The van der Waals surface area contributed by atoms with E-state index in [1.54, 1.807) is 36.9 Å². The molecule has 3 heterocycles. The molecule has 5 nitrogen and oxygen atoms in total. The molecule has 2 N–H and O–H groups in total. The molecule has 0 fully saturated rings. The van der Waals surface area contributed by atoms with E-state index in [-0.39, 0.29) is 5.91 Å². The van der Waals surface area contributed by atoms with Crippen LogP contribution in [0.1, 0.15) is 10.4 Å². The van der Waals surface area contributed by atoms with E-state index in [1.165, 1.54) is 0 Å². The minimum Gasteiger partial charge on any atom is -0.345 e. The molecule has 0 spiro atoms. The lowest BCUT2D eigenvalue weighted by atomic mass is 10.1. The van der Waals surface area contributed by atoms with Crippen molar-refractivity contribution in [2.45, 2.75) is 0 Å². The summed E-state index contributed by atoms with van der Waals surface area (Å²) >= 11 is 0. The molecular weight excluding hydrogens is 300 g/mol. The van der Waals surface area contributed by atoms with Gasteiger partial charge in [0.15, 0.2) is 0 Å². The molecule has 0 saturated heterocycles. The van der Waals surface area contributed by atoms with Gasteiger partial charge < -0.3 is 10.3 Å². The van der Waals surface area contributed by atoms with Crippen LogP contribution >= 0.6 is 0 Å². The molecule has 0 atom stereocenters. The number of pyridine rings is 2. The number of fused-ring (bicyclic) bond motifs is 1. The summed E-state index contributed by atoms with van der Waals surface area (Å²) in [6.07, 6.45) is 6.76. The van der Waals surface area contributed by atoms with Crippen molar-refractivity contribution in [1.29, 1.82) is 0 Å². The zero-order valence-corrected chi connectivity index (χ0v) is 12.7. The minimum absolute atomic E-state index is 0.193. The molecule has 0 radical (unpaired) electrons. The maximum Gasteiger partial charge on any atom is 0.257 e. The summed E-state index contributed by atoms with van der Waals surface area (Å²) in [6.45, 7) is 0. The van der Waals surface area contributed by atoms with Gasteiger partial charge in [0.05, 0.1) is 17.4 Å². The first-order valence-electron chi connectivity index (χ1n) is 7.55. The molecule has 4 aromatic rings.